The van der Waals surface area contributed by atoms with Gasteiger partial charge in [0.05, 0.1) is 6.54 Å². The van der Waals surface area contributed by atoms with E-state index in [1.807, 2.05) is 30.3 Å². The van der Waals surface area contributed by atoms with Crippen LogP contribution in [0.4, 0.5) is 0 Å². The van der Waals surface area contributed by atoms with Gasteiger partial charge in [-0.3, -0.25) is 4.79 Å². The molecule has 132 valence electrons. The standard InChI is InChI=1S/C17H24N2O3S2/c1-17(2,3)22-15(21)13(10-12-8-6-5-7-9-12)18-14(20)11-19(4)16(23)24/h5-9,13H,10-11H2,1-4H3,(H,18,20)(H,23,24). The van der Waals surface area contributed by atoms with E-state index in [-0.39, 0.29) is 12.5 Å². The Hall–Kier alpha value is -1.60. The smallest absolute Gasteiger partial charge is 0.329 e. The Morgan fingerprint density at radius 1 is 1.29 bits per heavy atom. The van der Waals surface area contributed by atoms with E-state index < -0.39 is 17.6 Å². The first-order valence-electron chi connectivity index (χ1n) is 7.58. The first-order valence-corrected chi connectivity index (χ1v) is 8.44. The molecule has 0 aliphatic rings. The van der Waals surface area contributed by atoms with Crippen molar-refractivity contribution in [1.29, 1.82) is 0 Å². The lowest BCUT2D eigenvalue weighted by atomic mass is 10.1. The number of carbonyl (C=O) groups is 2. The molecule has 0 aliphatic heterocycles. The predicted molar refractivity (Wildman–Crippen MR) is 102 cm³/mol. The van der Waals surface area contributed by atoms with Gasteiger partial charge in [0.25, 0.3) is 0 Å². The zero-order chi connectivity index (χ0) is 18.3. The molecule has 0 saturated carbocycles. The van der Waals surface area contributed by atoms with Crippen LogP contribution in [0, 0.1) is 0 Å². The number of benzene rings is 1. The van der Waals surface area contributed by atoms with Crippen molar-refractivity contribution in [1.82, 2.24) is 10.2 Å². The molecule has 0 radical (unpaired) electrons. The number of thiol groups is 1. The third-order valence-electron chi connectivity index (χ3n) is 3.02. The molecule has 0 fully saturated rings. The second-order valence-corrected chi connectivity index (χ2v) is 7.59. The van der Waals surface area contributed by atoms with Crippen LogP contribution in [0.2, 0.25) is 0 Å². The number of hydrogen-bond donors (Lipinski definition) is 2. The first-order chi connectivity index (χ1) is 11.1. The Balaban J connectivity index is 2.82. The van der Waals surface area contributed by atoms with Gasteiger partial charge in [-0.2, -0.15) is 0 Å². The van der Waals surface area contributed by atoms with E-state index in [0.717, 1.165) is 5.56 Å². The Morgan fingerprint density at radius 3 is 2.38 bits per heavy atom. The quantitative estimate of drug-likeness (QED) is 0.458. The van der Waals surface area contributed by atoms with Crippen LogP contribution in [0.3, 0.4) is 0 Å². The highest BCUT2D eigenvalue weighted by atomic mass is 32.1. The van der Waals surface area contributed by atoms with Crippen LogP contribution in [0.15, 0.2) is 30.3 Å². The molecule has 1 N–H and O–H groups in total. The molecule has 0 aromatic heterocycles. The van der Waals surface area contributed by atoms with Crippen molar-refractivity contribution in [3.8, 4) is 0 Å². The van der Waals surface area contributed by atoms with Gasteiger partial charge in [-0.1, -0.05) is 42.5 Å². The van der Waals surface area contributed by atoms with Crippen molar-refractivity contribution in [2.45, 2.75) is 38.8 Å². The predicted octanol–water partition coefficient (Wildman–Crippen LogP) is 2.20. The monoisotopic (exact) mass is 368 g/mol. The summed E-state index contributed by atoms with van der Waals surface area (Å²) >= 11 is 8.92. The lowest BCUT2D eigenvalue weighted by Crippen LogP contribution is -2.48. The summed E-state index contributed by atoms with van der Waals surface area (Å²) in [7, 11) is 1.66. The summed E-state index contributed by atoms with van der Waals surface area (Å²) in [6.45, 7) is 5.40. The van der Waals surface area contributed by atoms with Crippen LogP contribution in [-0.4, -0.2) is 46.3 Å². The number of nitrogens with zero attached hydrogens (tertiary/aromatic N) is 1. The summed E-state index contributed by atoms with van der Waals surface area (Å²) < 4.78 is 5.72. The highest BCUT2D eigenvalue weighted by Crippen LogP contribution is 2.11. The Labute approximate surface area is 154 Å². The van der Waals surface area contributed by atoms with Crippen LogP contribution < -0.4 is 5.32 Å². The fourth-order valence-corrected chi connectivity index (χ4v) is 2.07. The molecule has 0 spiro atoms. The van der Waals surface area contributed by atoms with E-state index >= 15 is 0 Å². The number of rotatable bonds is 6. The molecular formula is C17H24N2O3S2. The number of nitrogens with one attached hydrogen (secondary N) is 1. The largest absolute Gasteiger partial charge is 0.458 e. The maximum atomic E-state index is 12.4. The maximum Gasteiger partial charge on any atom is 0.329 e. The number of amides is 1. The molecule has 5 nitrogen and oxygen atoms in total. The van der Waals surface area contributed by atoms with Gasteiger partial charge >= 0.3 is 5.97 Å². The third kappa shape index (κ3) is 7.79. The van der Waals surface area contributed by atoms with Crippen LogP contribution >= 0.6 is 24.8 Å². The lowest BCUT2D eigenvalue weighted by molar-refractivity contribution is -0.158. The molecule has 0 saturated heterocycles. The van der Waals surface area contributed by atoms with Crippen molar-refractivity contribution >= 4 is 41.0 Å². The molecule has 7 heteroatoms. The van der Waals surface area contributed by atoms with Crippen molar-refractivity contribution in [2.75, 3.05) is 13.6 Å². The number of thiocarbonyl (C=S) groups is 1. The summed E-state index contributed by atoms with van der Waals surface area (Å²) in [5.74, 6) is -0.781. The molecule has 0 heterocycles. The average Bonchev–Trinajstić information content (AvgIpc) is 2.45. The molecule has 1 unspecified atom stereocenters. The molecule has 1 atom stereocenters. The van der Waals surface area contributed by atoms with Crippen molar-refractivity contribution in [3.05, 3.63) is 35.9 Å². The Kier molecular flexibility index (Phi) is 7.69. The third-order valence-corrected chi connectivity index (χ3v) is 3.67. The summed E-state index contributed by atoms with van der Waals surface area (Å²) in [6.07, 6.45) is 0.358. The Morgan fingerprint density at radius 2 is 1.88 bits per heavy atom. The molecular weight excluding hydrogens is 344 g/mol. The number of likely N-dealkylation sites (N-methyl/N-ethyl adjacent to an activating group) is 1. The fourth-order valence-electron chi connectivity index (χ4n) is 1.94. The van der Waals surface area contributed by atoms with E-state index in [0.29, 0.717) is 10.7 Å². The van der Waals surface area contributed by atoms with E-state index in [1.54, 1.807) is 27.8 Å². The van der Waals surface area contributed by atoms with Crippen molar-refractivity contribution in [3.63, 3.8) is 0 Å². The minimum Gasteiger partial charge on any atom is -0.458 e. The second-order valence-electron chi connectivity index (χ2n) is 6.48. The molecule has 0 bridgehead atoms. The summed E-state index contributed by atoms with van der Waals surface area (Å²) in [6, 6.07) is 8.71. The molecule has 0 aliphatic carbocycles. The SMILES string of the molecule is CN(CC(=O)NC(Cc1ccccc1)C(=O)OC(C)(C)C)C(=S)S. The van der Waals surface area contributed by atoms with Gasteiger partial charge in [0.15, 0.2) is 0 Å². The van der Waals surface area contributed by atoms with Gasteiger partial charge in [0.2, 0.25) is 5.91 Å². The van der Waals surface area contributed by atoms with Gasteiger partial charge in [-0.15, -0.1) is 12.6 Å². The Bertz CT molecular complexity index is 585. The number of carbonyl (C=O) groups excluding carboxylic acids is 2. The summed E-state index contributed by atoms with van der Waals surface area (Å²) in [4.78, 5) is 26.1. The topological polar surface area (TPSA) is 58.6 Å². The number of hydrogen-bond acceptors (Lipinski definition) is 4. The number of esters is 1. The summed E-state index contributed by atoms with van der Waals surface area (Å²) in [5.41, 5.74) is 0.312. The summed E-state index contributed by atoms with van der Waals surface area (Å²) in [5, 5.41) is 2.72. The van der Waals surface area contributed by atoms with E-state index in [1.165, 1.54) is 4.90 Å². The van der Waals surface area contributed by atoms with E-state index in [2.05, 4.69) is 17.9 Å². The average molecular weight is 369 g/mol. The van der Waals surface area contributed by atoms with Gasteiger partial charge in [-0.25, -0.2) is 4.79 Å². The van der Waals surface area contributed by atoms with Gasteiger partial charge in [-0.05, 0) is 26.3 Å². The highest BCUT2D eigenvalue weighted by molar-refractivity contribution is 8.10. The van der Waals surface area contributed by atoms with Gasteiger partial charge < -0.3 is 15.0 Å². The van der Waals surface area contributed by atoms with Crippen LogP contribution in [0.25, 0.3) is 0 Å². The lowest BCUT2D eigenvalue weighted by Gasteiger charge is -2.25. The van der Waals surface area contributed by atoms with E-state index in [4.69, 9.17) is 17.0 Å². The maximum absolute atomic E-state index is 12.4. The molecule has 1 aromatic carbocycles. The first kappa shape index (κ1) is 20.4. The minimum absolute atomic E-state index is 0.0242. The van der Waals surface area contributed by atoms with Crippen molar-refractivity contribution in [2.24, 2.45) is 0 Å². The van der Waals surface area contributed by atoms with E-state index in [9.17, 15) is 9.59 Å². The fraction of sp³-hybridized carbons (Fsp3) is 0.471. The highest BCUT2D eigenvalue weighted by Gasteiger charge is 2.27. The zero-order valence-corrected chi connectivity index (χ0v) is 16.1. The van der Waals surface area contributed by atoms with Crippen molar-refractivity contribution < 1.29 is 14.3 Å². The van der Waals surface area contributed by atoms with Crippen LogP contribution in [-0.2, 0) is 20.7 Å². The molecule has 1 amide bonds. The molecule has 1 aromatic rings. The zero-order valence-electron chi connectivity index (χ0n) is 14.4. The van der Waals surface area contributed by atoms with Gasteiger partial charge in [0.1, 0.15) is 16.0 Å². The number of ether oxygens (including phenoxy) is 1. The molecule has 1 rings (SSSR count). The normalized spacial score (nSPS) is 12.2. The second kappa shape index (κ2) is 9.03. The molecule has 24 heavy (non-hydrogen) atoms. The van der Waals surface area contributed by atoms with Crippen LogP contribution in [0.5, 0.6) is 0 Å². The minimum atomic E-state index is -0.763. The van der Waals surface area contributed by atoms with Crippen LogP contribution in [0.1, 0.15) is 26.3 Å². The van der Waals surface area contributed by atoms with Gasteiger partial charge in [0, 0.05) is 13.5 Å².